The van der Waals surface area contributed by atoms with Gasteiger partial charge in [-0.2, -0.15) is 0 Å². The lowest BCUT2D eigenvalue weighted by molar-refractivity contribution is 0.167. The Balaban J connectivity index is 1.48. The summed E-state index contributed by atoms with van der Waals surface area (Å²) in [6, 6.07) is 8.21. The van der Waals surface area contributed by atoms with Gasteiger partial charge in [-0.1, -0.05) is 17.7 Å². The molecule has 0 aliphatic carbocycles. The second-order valence-corrected chi connectivity index (χ2v) is 7.83. The highest BCUT2D eigenvalue weighted by Gasteiger charge is 2.29. The summed E-state index contributed by atoms with van der Waals surface area (Å²) >= 11 is 5.93. The third kappa shape index (κ3) is 3.25. The fourth-order valence-corrected chi connectivity index (χ4v) is 4.14. The van der Waals surface area contributed by atoms with Gasteiger partial charge < -0.3 is 10.1 Å². The van der Waals surface area contributed by atoms with Crippen LogP contribution in [0, 0.1) is 12.7 Å². The number of hydrogen-bond acceptors (Lipinski definition) is 4. The number of anilines is 2. The Bertz CT molecular complexity index is 1170. The number of carbonyl (C=O) groups is 1. The van der Waals surface area contributed by atoms with E-state index < -0.39 is 6.10 Å². The van der Waals surface area contributed by atoms with Gasteiger partial charge in [-0.3, -0.25) is 9.88 Å². The van der Waals surface area contributed by atoms with Crippen LogP contribution in [0.25, 0.3) is 0 Å². The van der Waals surface area contributed by atoms with Gasteiger partial charge in [-0.05, 0) is 49.1 Å². The van der Waals surface area contributed by atoms with Gasteiger partial charge in [0.05, 0.1) is 17.9 Å². The van der Waals surface area contributed by atoms with Gasteiger partial charge in [-0.25, -0.2) is 14.2 Å². The molecule has 0 spiro atoms. The first-order valence-electron chi connectivity index (χ1n) is 9.63. The first-order chi connectivity index (χ1) is 14.5. The summed E-state index contributed by atoms with van der Waals surface area (Å²) in [4.78, 5) is 22.7. The van der Waals surface area contributed by atoms with Gasteiger partial charge in [0.15, 0.2) is 0 Å². The molecule has 4 heterocycles. The molecule has 1 atom stereocenters. The number of fused-ring (bicyclic) bond motifs is 2. The predicted octanol–water partition coefficient (Wildman–Crippen LogP) is 5.20. The molecule has 1 N–H and O–H groups in total. The van der Waals surface area contributed by atoms with Crippen LogP contribution in [0.3, 0.4) is 0 Å². The second kappa shape index (κ2) is 7.25. The van der Waals surface area contributed by atoms with Gasteiger partial charge in [0.2, 0.25) is 0 Å². The number of halogens is 2. The number of urea groups is 1. The van der Waals surface area contributed by atoms with E-state index in [1.807, 2.05) is 19.1 Å². The molecule has 3 aromatic rings. The number of carbonyl (C=O) groups excluding carboxylic acids is 1. The van der Waals surface area contributed by atoms with Crippen LogP contribution in [-0.2, 0) is 13.0 Å². The van der Waals surface area contributed by atoms with E-state index in [4.69, 9.17) is 16.3 Å². The van der Waals surface area contributed by atoms with Crippen molar-refractivity contribution in [2.45, 2.75) is 32.4 Å². The number of ether oxygens (including phenoxy) is 1. The van der Waals surface area contributed by atoms with E-state index in [1.165, 1.54) is 6.07 Å². The van der Waals surface area contributed by atoms with Crippen molar-refractivity contribution in [1.29, 1.82) is 0 Å². The molecule has 5 rings (SSSR count). The van der Waals surface area contributed by atoms with E-state index in [2.05, 4.69) is 15.3 Å². The Kier molecular flexibility index (Phi) is 4.55. The third-order valence-electron chi connectivity index (χ3n) is 5.48. The van der Waals surface area contributed by atoms with Crippen molar-refractivity contribution in [3.05, 3.63) is 76.1 Å². The quantitative estimate of drug-likeness (QED) is 0.574. The number of rotatable bonds is 2. The maximum Gasteiger partial charge on any atom is 0.326 e. The largest absolute Gasteiger partial charge is 0.484 e. The average Bonchev–Trinajstić information content (AvgIpc) is 2.73. The Morgan fingerprint density at radius 3 is 2.97 bits per heavy atom. The Labute approximate surface area is 177 Å². The van der Waals surface area contributed by atoms with Crippen molar-refractivity contribution in [3.63, 3.8) is 0 Å². The van der Waals surface area contributed by atoms with E-state index in [-0.39, 0.29) is 11.8 Å². The topological polar surface area (TPSA) is 67.4 Å². The summed E-state index contributed by atoms with van der Waals surface area (Å²) in [5.74, 6) is 0.265. The third-order valence-corrected chi connectivity index (χ3v) is 5.68. The average molecular weight is 425 g/mol. The second-order valence-electron chi connectivity index (χ2n) is 7.44. The lowest BCUT2D eigenvalue weighted by Gasteiger charge is -2.32. The lowest BCUT2D eigenvalue weighted by atomic mass is 9.97. The van der Waals surface area contributed by atoms with Gasteiger partial charge in [0.1, 0.15) is 28.5 Å². The molecular weight excluding hydrogens is 407 g/mol. The predicted molar refractivity (Wildman–Crippen MR) is 112 cm³/mol. The Morgan fingerprint density at radius 2 is 2.13 bits per heavy atom. The summed E-state index contributed by atoms with van der Waals surface area (Å²) in [6.45, 7) is 2.33. The van der Waals surface area contributed by atoms with Crippen LogP contribution >= 0.6 is 11.6 Å². The first-order valence-corrected chi connectivity index (χ1v) is 10.0. The SMILES string of the molecule is Cc1cc2c(cc1N1Cc3cnc(Cl)cc3NC1=O)OC(c1ncccc1F)CC2. The molecule has 0 saturated carbocycles. The maximum absolute atomic E-state index is 14.2. The molecule has 1 aromatic carbocycles. The minimum Gasteiger partial charge on any atom is -0.484 e. The smallest absolute Gasteiger partial charge is 0.326 e. The number of amides is 2. The van der Waals surface area contributed by atoms with Crippen LogP contribution in [0.15, 0.2) is 42.7 Å². The Hall–Kier alpha value is -3.19. The molecule has 0 saturated heterocycles. The van der Waals surface area contributed by atoms with Gasteiger partial charge in [-0.15, -0.1) is 0 Å². The van der Waals surface area contributed by atoms with Crippen molar-refractivity contribution >= 4 is 29.0 Å². The highest BCUT2D eigenvalue weighted by Crippen LogP contribution is 2.40. The van der Waals surface area contributed by atoms with Crippen LogP contribution < -0.4 is 15.0 Å². The first kappa shape index (κ1) is 18.8. The molecule has 1 unspecified atom stereocenters. The van der Waals surface area contributed by atoms with Crippen molar-refractivity contribution in [1.82, 2.24) is 9.97 Å². The minimum absolute atomic E-state index is 0.254. The zero-order valence-electron chi connectivity index (χ0n) is 16.2. The monoisotopic (exact) mass is 424 g/mol. The summed E-state index contributed by atoms with van der Waals surface area (Å²) < 4.78 is 20.3. The van der Waals surface area contributed by atoms with E-state index in [0.717, 1.165) is 28.8 Å². The van der Waals surface area contributed by atoms with Crippen LogP contribution in [0.1, 0.15) is 34.9 Å². The molecule has 2 aliphatic rings. The molecule has 2 aliphatic heterocycles. The normalized spacial score (nSPS) is 17.6. The van der Waals surface area contributed by atoms with Crippen LogP contribution in [0.5, 0.6) is 5.75 Å². The number of benzene rings is 1. The number of aromatic nitrogens is 2. The van der Waals surface area contributed by atoms with Crippen molar-refractivity contribution in [2.75, 3.05) is 10.2 Å². The standard InChI is InChI=1S/C22H18ClFN4O2/c1-12-7-13-4-5-18(21-15(24)3-2-6-25-21)30-19(13)9-17(12)28-11-14-10-26-20(23)8-16(14)27-22(28)29/h2-3,6-10,18H,4-5,11H2,1H3,(H,27,29). The zero-order chi connectivity index (χ0) is 20.8. The number of nitrogens with one attached hydrogen (secondary N) is 1. The molecule has 0 radical (unpaired) electrons. The van der Waals surface area contributed by atoms with Crippen LogP contribution in [-0.4, -0.2) is 16.0 Å². The van der Waals surface area contributed by atoms with Crippen LogP contribution in [0.4, 0.5) is 20.6 Å². The molecule has 0 fully saturated rings. The number of nitrogens with zero attached hydrogens (tertiary/aromatic N) is 3. The van der Waals surface area contributed by atoms with E-state index in [9.17, 15) is 9.18 Å². The molecular formula is C22H18ClFN4O2. The lowest BCUT2D eigenvalue weighted by Crippen LogP contribution is -2.39. The molecule has 0 bridgehead atoms. The summed E-state index contributed by atoms with van der Waals surface area (Å²) in [7, 11) is 0. The molecule has 30 heavy (non-hydrogen) atoms. The number of pyridine rings is 2. The van der Waals surface area contributed by atoms with Gasteiger partial charge in [0, 0.05) is 24.0 Å². The zero-order valence-corrected chi connectivity index (χ0v) is 16.9. The summed E-state index contributed by atoms with van der Waals surface area (Å²) in [6.07, 6.45) is 4.15. The number of hydrogen-bond donors (Lipinski definition) is 1. The van der Waals surface area contributed by atoms with Crippen molar-refractivity contribution in [3.8, 4) is 5.75 Å². The molecule has 2 aromatic heterocycles. The Morgan fingerprint density at radius 1 is 1.27 bits per heavy atom. The fourth-order valence-electron chi connectivity index (χ4n) is 3.98. The highest BCUT2D eigenvalue weighted by atomic mass is 35.5. The van der Waals surface area contributed by atoms with E-state index in [1.54, 1.807) is 29.4 Å². The van der Waals surface area contributed by atoms with Gasteiger partial charge in [0.25, 0.3) is 0 Å². The van der Waals surface area contributed by atoms with Crippen molar-refractivity contribution in [2.24, 2.45) is 0 Å². The summed E-state index contributed by atoms with van der Waals surface area (Å²) in [5.41, 5.74) is 4.56. The summed E-state index contributed by atoms with van der Waals surface area (Å²) in [5, 5.41) is 3.19. The fraction of sp³-hybridized carbons (Fsp3) is 0.227. The molecule has 8 heteroatoms. The molecule has 2 amide bonds. The van der Waals surface area contributed by atoms with Gasteiger partial charge >= 0.3 is 6.03 Å². The minimum atomic E-state index is -0.462. The van der Waals surface area contributed by atoms with Crippen molar-refractivity contribution < 1.29 is 13.9 Å². The highest BCUT2D eigenvalue weighted by molar-refractivity contribution is 6.29. The van der Waals surface area contributed by atoms with E-state index >= 15 is 0 Å². The molecule has 6 nitrogen and oxygen atoms in total. The van der Waals surface area contributed by atoms with Crippen LogP contribution in [0.2, 0.25) is 5.15 Å². The van der Waals surface area contributed by atoms with E-state index in [0.29, 0.717) is 35.2 Å². The molecule has 152 valence electrons. The maximum atomic E-state index is 14.2. The number of aryl methyl sites for hydroxylation is 2.